The van der Waals surface area contributed by atoms with Gasteiger partial charge in [0, 0.05) is 0 Å². The number of hydrogen-bond donors (Lipinski definition) is 0. The highest BCUT2D eigenvalue weighted by Crippen LogP contribution is 2.31. The molecule has 0 N–H and O–H groups in total. The summed E-state index contributed by atoms with van der Waals surface area (Å²) in [4.78, 5) is 0. The van der Waals surface area contributed by atoms with E-state index in [4.69, 9.17) is 0 Å². The van der Waals surface area contributed by atoms with E-state index in [-0.39, 0.29) is 0 Å². The molecule has 0 radical (unpaired) electrons. The van der Waals surface area contributed by atoms with E-state index in [0.29, 0.717) is 6.92 Å². The van der Waals surface area contributed by atoms with Gasteiger partial charge in [-0.2, -0.15) is 0 Å². The lowest BCUT2D eigenvalue weighted by Crippen LogP contribution is -2.31. The van der Waals surface area contributed by atoms with E-state index in [1.165, 1.54) is 5.92 Å². The summed E-state index contributed by atoms with van der Waals surface area (Å²) < 4.78 is 46.8. The summed E-state index contributed by atoms with van der Waals surface area (Å²) in [6, 6.07) is 0. The molecule has 0 rings (SSSR count). The Labute approximate surface area is 56.2 Å². The Balaban J connectivity index is 4.43. The highest BCUT2D eigenvalue weighted by molar-refractivity contribution is 5.06. The molecule has 0 unspecified atom stereocenters. The Kier molecular flexibility index (Phi) is 2.70. The van der Waals surface area contributed by atoms with Crippen LogP contribution in [0.15, 0.2) is 0 Å². The number of terminal acetylenes is 1. The van der Waals surface area contributed by atoms with E-state index < -0.39 is 18.3 Å². The molecular weight excluding hydrogens is 148 g/mol. The smallest absolute Gasteiger partial charge is 0.209 e. The molecule has 58 valence electrons. The fourth-order valence-electron chi connectivity index (χ4n) is 0.221. The lowest BCUT2D eigenvalue weighted by atomic mass is 9.93. The third-order valence-corrected chi connectivity index (χ3v) is 1.22. The predicted octanol–water partition coefficient (Wildman–Crippen LogP) is 2.16. The Bertz CT molecular complexity index is 136. The van der Waals surface area contributed by atoms with Crippen molar-refractivity contribution in [2.75, 3.05) is 0 Å². The van der Waals surface area contributed by atoms with Crippen molar-refractivity contribution < 1.29 is 17.6 Å². The van der Waals surface area contributed by atoms with Gasteiger partial charge >= 0.3 is 0 Å². The maximum Gasteiger partial charge on any atom is 0.260 e. The SMILES string of the molecule is C#CC(C)(C(F)F)C(F)F. The Morgan fingerprint density at radius 3 is 1.50 bits per heavy atom. The zero-order valence-corrected chi connectivity index (χ0v) is 5.24. The summed E-state index contributed by atoms with van der Waals surface area (Å²) in [5.74, 6) is 1.38. The van der Waals surface area contributed by atoms with Gasteiger partial charge in [-0.3, -0.25) is 0 Å². The molecule has 0 aliphatic heterocycles. The zero-order valence-electron chi connectivity index (χ0n) is 5.24. The normalized spacial score (nSPS) is 12.2. The molecule has 0 amide bonds. The van der Waals surface area contributed by atoms with Crippen molar-refractivity contribution in [1.29, 1.82) is 0 Å². The van der Waals surface area contributed by atoms with Crippen LogP contribution in [-0.2, 0) is 0 Å². The highest BCUT2D eigenvalue weighted by Gasteiger charge is 2.42. The molecule has 0 bridgehead atoms. The second kappa shape index (κ2) is 2.91. The molecule has 10 heavy (non-hydrogen) atoms. The van der Waals surface area contributed by atoms with E-state index in [1.54, 1.807) is 0 Å². The topological polar surface area (TPSA) is 0 Å². The van der Waals surface area contributed by atoms with Crippen LogP contribution in [0.2, 0.25) is 0 Å². The highest BCUT2D eigenvalue weighted by atomic mass is 19.3. The second-order valence-electron chi connectivity index (χ2n) is 2.03. The summed E-state index contributed by atoms with van der Waals surface area (Å²) in [5, 5.41) is 0. The van der Waals surface area contributed by atoms with Gasteiger partial charge in [0.2, 0.25) is 0 Å². The summed E-state index contributed by atoms with van der Waals surface area (Å²) in [6.07, 6.45) is -1.87. The fourth-order valence-corrected chi connectivity index (χ4v) is 0.221. The molecule has 0 heterocycles. The predicted molar refractivity (Wildman–Crippen MR) is 28.9 cm³/mol. The first-order chi connectivity index (χ1) is 4.45. The molecule has 0 atom stereocenters. The lowest BCUT2D eigenvalue weighted by Gasteiger charge is -2.20. The molecule has 0 aliphatic carbocycles. The fraction of sp³-hybridized carbons (Fsp3) is 0.667. The van der Waals surface area contributed by atoms with Crippen molar-refractivity contribution in [3.63, 3.8) is 0 Å². The maximum atomic E-state index is 11.7. The molecule has 4 heteroatoms. The van der Waals surface area contributed by atoms with Crippen LogP contribution in [0.5, 0.6) is 0 Å². The average molecular weight is 154 g/mol. The second-order valence-corrected chi connectivity index (χ2v) is 2.03. The summed E-state index contributed by atoms with van der Waals surface area (Å²) in [5.41, 5.74) is -2.60. The minimum Gasteiger partial charge on any atom is -0.209 e. The Hall–Kier alpha value is -0.720. The van der Waals surface area contributed by atoms with Crippen molar-refractivity contribution in [3.05, 3.63) is 0 Å². The van der Waals surface area contributed by atoms with Crippen LogP contribution in [0.3, 0.4) is 0 Å². The van der Waals surface area contributed by atoms with Crippen LogP contribution in [0, 0.1) is 17.8 Å². The van der Waals surface area contributed by atoms with Crippen LogP contribution in [-0.4, -0.2) is 12.9 Å². The van der Waals surface area contributed by atoms with Crippen LogP contribution < -0.4 is 0 Å². The number of hydrogen-bond acceptors (Lipinski definition) is 0. The molecule has 0 spiro atoms. The minimum absolute atomic E-state index is 0.655. The van der Waals surface area contributed by atoms with E-state index >= 15 is 0 Å². The molecule has 0 saturated carbocycles. The van der Waals surface area contributed by atoms with Gasteiger partial charge in [0.1, 0.15) is 5.41 Å². The van der Waals surface area contributed by atoms with Gasteiger partial charge in [0.05, 0.1) is 0 Å². The van der Waals surface area contributed by atoms with E-state index in [1.807, 2.05) is 0 Å². The van der Waals surface area contributed by atoms with E-state index in [9.17, 15) is 17.6 Å². The minimum atomic E-state index is -3.18. The van der Waals surface area contributed by atoms with Crippen molar-refractivity contribution >= 4 is 0 Å². The molecule has 0 nitrogen and oxygen atoms in total. The number of rotatable bonds is 2. The van der Waals surface area contributed by atoms with Gasteiger partial charge in [-0.1, -0.05) is 5.92 Å². The molecule has 0 aromatic heterocycles. The molecule has 0 aliphatic rings. The number of alkyl halides is 4. The van der Waals surface area contributed by atoms with E-state index in [0.717, 1.165) is 0 Å². The van der Waals surface area contributed by atoms with Crippen LogP contribution >= 0.6 is 0 Å². The third kappa shape index (κ3) is 1.41. The van der Waals surface area contributed by atoms with Crippen LogP contribution in [0.4, 0.5) is 17.6 Å². The molecular formula is C6H6F4. The van der Waals surface area contributed by atoms with Gasteiger partial charge in [-0.05, 0) is 6.92 Å². The van der Waals surface area contributed by atoms with Crippen molar-refractivity contribution in [1.82, 2.24) is 0 Å². The standard InChI is InChI=1S/C6H6F4/c1-3-6(2,4(7)8)5(9)10/h1,4-5H,2H3. The summed E-state index contributed by atoms with van der Waals surface area (Å²) >= 11 is 0. The monoisotopic (exact) mass is 154 g/mol. The maximum absolute atomic E-state index is 11.7. The van der Waals surface area contributed by atoms with Gasteiger partial charge in [-0.15, -0.1) is 6.42 Å². The molecule has 0 aromatic carbocycles. The largest absolute Gasteiger partial charge is 0.260 e. The third-order valence-electron chi connectivity index (χ3n) is 1.22. The summed E-state index contributed by atoms with van der Waals surface area (Å²) in [7, 11) is 0. The zero-order chi connectivity index (χ0) is 8.36. The van der Waals surface area contributed by atoms with Gasteiger partial charge in [0.25, 0.3) is 12.9 Å². The first-order valence-corrected chi connectivity index (χ1v) is 2.49. The van der Waals surface area contributed by atoms with Crippen molar-refractivity contribution in [2.24, 2.45) is 5.41 Å². The van der Waals surface area contributed by atoms with Crippen LogP contribution in [0.1, 0.15) is 6.92 Å². The first kappa shape index (κ1) is 9.28. The van der Waals surface area contributed by atoms with Gasteiger partial charge in [-0.25, -0.2) is 17.6 Å². The lowest BCUT2D eigenvalue weighted by molar-refractivity contribution is -0.0603. The first-order valence-electron chi connectivity index (χ1n) is 2.49. The average Bonchev–Trinajstić information content (AvgIpc) is 1.85. The molecule has 0 saturated heterocycles. The molecule has 0 fully saturated rings. The quantitative estimate of drug-likeness (QED) is 0.422. The Morgan fingerprint density at radius 1 is 1.20 bits per heavy atom. The van der Waals surface area contributed by atoms with E-state index in [2.05, 4.69) is 6.42 Å². The summed E-state index contributed by atoms with van der Waals surface area (Å²) in [6.45, 7) is 0.655. The van der Waals surface area contributed by atoms with Gasteiger partial charge < -0.3 is 0 Å². The van der Waals surface area contributed by atoms with Crippen molar-refractivity contribution in [2.45, 2.75) is 19.8 Å². The molecule has 0 aromatic rings. The van der Waals surface area contributed by atoms with Crippen molar-refractivity contribution in [3.8, 4) is 12.3 Å². The van der Waals surface area contributed by atoms with Crippen LogP contribution in [0.25, 0.3) is 0 Å². The Morgan fingerprint density at radius 2 is 1.50 bits per heavy atom. The number of halogens is 4. The van der Waals surface area contributed by atoms with Gasteiger partial charge in [0.15, 0.2) is 0 Å².